The van der Waals surface area contributed by atoms with E-state index < -0.39 is 6.09 Å². The molecular formula is C24H22ClNO4. The number of halogens is 1. The van der Waals surface area contributed by atoms with Gasteiger partial charge in [-0.25, -0.2) is 4.79 Å². The van der Waals surface area contributed by atoms with Crippen LogP contribution in [-0.2, 0) is 11.3 Å². The van der Waals surface area contributed by atoms with Crippen molar-refractivity contribution in [3.8, 4) is 11.5 Å². The van der Waals surface area contributed by atoms with Crippen LogP contribution >= 0.6 is 11.6 Å². The lowest BCUT2D eigenvalue weighted by molar-refractivity contribution is 0.138. The van der Waals surface area contributed by atoms with E-state index in [0.717, 1.165) is 16.7 Å². The van der Waals surface area contributed by atoms with Crippen molar-refractivity contribution in [3.63, 3.8) is 0 Å². The highest BCUT2D eigenvalue weighted by Crippen LogP contribution is 2.46. The molecule has 154 valence electrons. The Balaban J connectivity index is 1.55. The average Bonchev–Trinajstić information content (AvgIpc) is 2.90. The molecule has 0 saturated carbocycles. The first kappa shape index (κ1) is 20.3. The van der Waals surface area contributed by atoms with Gasteiger partial charge in [0.2, 0.25) is 0 Å². The van der Waals surface area contributed by atoms with Crippen LogP contribution in [0.4, 0.5) is 4.79 Å². The molecule has 1 aliphatic rings. The van der Waals surface area contributed by atoms with Gasteiger partial charge in [-0.05, 0) is 29.8 Å². The lowest BCUT2D eigenvalue weighted by Crippen LogP contribution is -2.32. The Hall–Kier alpha value is -3.02. The standard InChI is InChI=1S/C24H22ClNO4/c25-17-10-11-23-19(12-17)20(21(14-27)18-8-4-5-9-22(18)30-23)13-26-24(28)29-15-16-6-2-1-3-7-16/h1-12,20-21,27H,13-15H2,(H,26,28). The Bertz CT molecular complexity index is 1020. The maximum Gasteiger partial charge on any atom is 0.407 e. The zero-order valence-electron chi connectivity index (χ0n) is 16.3. The third kappa shape index (κ3) is 4.42. The smallest absolute Gasteiger partial charge is 0.407 e. The number of carbonyl (C=O) groups excluding carboxylic acids is 1. The molecule has 0 radical (unpaired) electrons. The monoisotopic (exact) mass is 423 g/mol. The van der Waals surface area contributed by atoms with E-state index in [1.807, 2.05) is 66.7 Å². The van der Waals surface area contributed by atoms with Gasteiger partial charge in [-0.15, -0.1) is 0 Å². The first-order chi connectivity index (χ1) is 14.7. The van der Waals surface area contributed by atoms with E-state index in [4.69, 9.17) is 21.1 Å². The molecular weight excluding hydrogens is 402 g/mol. The van der Waals surface area contributed by atoms with Gasteiger partial charge < -0.3 is 19.9 Å². The number of hydrogen-bond acceptors (Lipinski definition) is 4. The molecule has 0 bridgehead atoms. The molecule has 0 saturated heterocycles. The van der Waals surface area contributed by atoms with Crippen molar-refractivity contribution in [3.05, 3.63) is 94.5 Å². The van der Waals surface area contributed by atoms with E-state index in [0.29, 0.717) is 16.5 Å². The highest BCUT2D eigenvalue weighted by molar-refractivity contribution is 6.30. The zero-order chi connectivity index (χ0) is 20.9. The number of ether oxygens (including phenoxy) is 2. The molecule has 1 amide bonds. The SMILES string of the molecule is O=C(NCC1c2cc(Cl)ccc2Oc2ccccc2C1CO)OCc1ccccc1. The summed E-state index contributed by atoms with van der Waals surface area (Å²) in [6.45, 7) is 0.358. The van der Waals surface area contributed by atoms with Crippen LogP contribution in [0.3, 0.4) is 0 Å². The Morgan fingerprint density at radius 2 is 1.70 bits per heavy atom. The van der Waals surface area contributed by atoms with Crippen LogP contribution in [0.2, 0.25) is 5.02 Å². The minimum atomic E-state index is -0.516. The molecule has 6 heteroatoms. The fourth-order valence-corrected chi connectivity index (χ4v) is 3.96. The topological polar surface area (TPSA) is 67.8 Å². The Labute approximate surface area is 180 Å². The molecule has 3 aromatic rings. The molecule has 1 aliphatic heterocycles. The summed E-state index contributed by atoms with van der Waals surface area (Å²) < 4.78 is 11.4. The number of rotatable bonds is 5. The van der Waals surface area contributed by atoms with Gasteiger partial charge in [-0.3, -0.25) is 0 Å². The van der Waals surface area contributed by atoms with Crippen LogP contribution in [0.25, 0.3) is 0 Å². The Morgan fingerprint density at radius 1 is 0.967 bits per heavy atom. The summed E-state index contributed by atoms with van der Waals surface area (Å²) in [7, 11) is 0. The number of amides is 1. The molecule has 30 heavy (non-hydrogen) atoms. The van der Waals surface area contributed by atoms with Gasteiger partial charge in [0.1, 0.15) is 18.1 Å². The van der Waals surface area contributed by atoms with Gasteiger partial charge >= 0.3 is 6.09 Å². The molecule has 3 aromatic carbocycles. The first-order valence-corrected chi connectivity index (χ1v) is 10.1. The van der Waals surface area contributed by atoms with Crippen LogP contribution in [0, 0.1) is 0 Å². The normalized spacial score (nSPS) is 17.1. The predicted octanol–water partition coefficient (Wildman–Crippen LogP) is 5.23. The summed E-state index contributed by atoms with van der Waals surface area (Å²) in [4.78, 5) is 12.3. The molecule has 1 heterocycles. The van der Waals surface area contributed by atoms with Gasteiger partial charge in [0.15, 0.2) is 0 Å². The minimum Gasteiger partial charge on any atom is -0.457 e. The van der Waals surface area contributed by atoms with Crippen LogP contribution in [-0.4, -0.2) is 24.4 Å². The number of alkyl carbamates (subject to hydrolysis) is 1. The van der Waals surface area contributed by atoms with Crippen molar-refractivity contribution < 1.29 is 19.4 Å². The van der Waals surface area contributed by atoms with E-state index in [2.05, 4.69) is 5.32 Å². The Kier molecular flexibility index (Phi) is 6.21. The van der Waals surface area contributed by atoms with Crippen molar-refractivity contribution in [1.82, 2.24) is 5.32 Å². The highest BCUT2D eigenvalue weighted by atomic mass is 35.5. The second-order valence-corrected chi connectivity index (χ2v) is 7.60. The minimum absolute atomic E-state index is 0.0995. The molecule has 0 aliphatic carbocycles. The summed E-state index contributed by atoms with van der Waals surface area (Å²) in [6, 6.07) is 22.5. The lowest BCUT2D eigenvalue weighted by Gasteiger charge is -2.25. The average molecular weight is 424 g/mol. The van der Waals surface area contributed by atoms with E-state index in [9.17, 15) is 9.90 Å². The van der Waals surface area contributed by atoms with Crippen LogP contribution < -0.4 is 10.1 Å². The molecule has 5 nitrogen and oxygen atoms in total. The number of carbonyl (C=O) groups is 1. The summed E-state index contributed by atoms with van der Waals surface area (Å²) in [5.74, 6) is 0.841. The third-order valence-corrected chi connectivity index (χ3v) is 5.51. The van der Waals surface area contributed by atoms with Crippen molar-refractivity contribution in [2.24, 2.45) is 0 Å². The maximum absolute atomic E-state index is 12.3. The molecule has 2 N–H and O–H groups in total. The van der Waals surface area contributed by atoms with Gasteiger partial charge in [0.25, 0.3) is 0 Å². The number of nitrogens with one attached hydrogen (secondary N) is 1. The van der Waals surface area contributed by atoms with E-state index in [1.165, 1.54) is 0 Å². The van der Waals surface area contributed by atoms with Crippen molar-refractivity contribution in [2.45, 2.75) is 18.4 Å². The molecule has 4 rings (SSSR count). The molecule has 0 aromatic heterocycles. The number of benzene rings is 3. The second-order valence-electron chi connectivity index (χ2n) is 7.16. The van der Waals surface area contributed by atoms with Gasteiger partial charge in [-0.1, -0.05) is 60.1 Å². The first-order valence-electron chi connectivity index (χ1n) is 9.77. The van der Waals surface area contributed by atoms with E-state index in [1.54, 1.807) is 6.07 Å². The van der Waals surface area contributed by atoms with Gasteiger partial charge in [-0.2, -0.15) is 0 Å². The van der Waals surface area contributed by atoms with Gasteiger partial charge in [0.05, 0.1) is 6.61 Å². The number of aliphatic hydroxyl groups excluding tert-OH is 1. The molecule has 2 unspecified atom stereocenters. The predicted molar refractivity (Wildman–Crippen MR) is 115 cm³/mol. The maximum atomic E-state index is 12.3. The van der Waals surface area contributed by atoms with E-state index >= 15 is 0 Å². The van der Waals surface area contributed by atoms with Crippen molar-refractivity contribution >= 4 is 17.7 Å². The molecule has 2 atom stereocenters. The van der Waals surface area contributed by atoms with Crippen LogP contribution in [0.1, 0.15) is 28.5 Å². The zero-order valence-corrected chi connectivity index (χ0v) is 17.0. The van der Waals surface area contributed by atoms with Crippen molar-refractivity contribution in [2.75, 3.05) is 13.2 Å². The second kappa shape index (κ2) is 9.20. The molecule has 0 spiro atoms. The van der Waals surface area contributed by atoms with Crippen molar-refractivity contribution in [1.29, 1.82) is 0 Å². The summed E-state index contributed by atoms with van der Waals surface area (Å²) in [6.07, 6.45) is -0.516. The largest absolute Gasteiger partial charge is 0.457 e. The number of hydrogen-bond donors (Lipinski definition) is 2. The summed E-state index contributed by atoms with van der Waals surface area (Å²) >= 11 is 6.25. The summed E-state index contributed by atoms with van der Waals surface area (Å²) in [5, 5.41) is 13.6. The molecule has 0 fully saturated rings. The van der Waals surface area contributed by atoms with E-state index in [-0.39, 0.29) is 31.6 Å². The Morgan fingerprint density at radius 3 is 2.50 bits per heavy atom. The number of para-hydroxylation sites is 1. The lowest BCUT2D eigenvalue weighted by atomic mass is 9.82. The fourth-order valence-electron chi connectivity index (χ4n) is 3.78. The van der Waals surface area contributed by atoms with Crippen LogP contribution in [0.5, 0.6) is 11.5 Å². The fraction of sp³-hybridized carbons (Fsp3) is 0.208. The quantitative estimate of drug-likeness (QED) is 0.589. The van der Waals surface area contributed by atoms with Crippen LogP contribution in [0.15, 0.2) is 72.8 Å². The van der Waals surface area contributed by atoms with Gasteiger partial charge in [0, 0.05) is 34.5 Å². The third-order valence-electron chi connectivity index (χ3n) is 5.27. The highest BCUT2D eigenvalue weighted by Gasteiger charge is 2.32. The number of aliphatic hydroxyl groups is 1. The summed E-state index contributed by atoms with van der Waals surface area (Å²) in [5.41, 5.74) is 2.63. The number of fused-ring (bicyclic) bond motifs is 2.